The lowest BCUT2D eigenvalue weighted by atomic mass is 10.2. The molecule has 0 spiro atoms. The molecule has 0 saturated carbocycles. The molecular formula is C13H15N5O4. The maximum Gasteiger partial charge on any atom is 0.288 e. The molecule has 0 fully saturated rings. The van der Waals surface area contributed by atoms with Crippen molar-refractivity contribution in [1.29, 1.82) is 0 Å². The van der Waals surface area contributed by atoms with Gasteiger partial charge in [-0.25, -0.2) is 4.98 Å². The predicted octanol–water partition coefficient (Wildman–Crippen LogP) is -0.396. The molecule has 0 unspecified atom stereocenters. The normalized spacial score (nSPS) is 10.2. The zero-order chi connectivity index (χ0) is 16.1. The highest BCUT2D eigenvalue weighted by Crippen LogP contribution is 2.06. The van der Waals surface area contributed by atoms with Crippen molar-refractivity contribution >= 4 is 17.7 Å². The van der Waals surface area contributed by atoms with Crippen molar-refractivity contribution in [2.45, 2.75) is 0 Å². The number of aromatic amines is 1. The number of nitrogens with one attached hydrogen (secondary N) is 2. The van der Waals surface area contributed by atoms with E-state index in [1.54, 1.807) is 7.05 Å². The number of primary amides is 1. The molecule has 0 aliphatic heterocycles. The summed E-state index contributed by atoms with van der Waals surface area (Å²) in [5, 5.41) is 2.60. The molecular weight excluding hydrogens is 290 g/mol. The number of hydrogen-bond acceptors (Lipinski definition) is 5. The number of likely N-dealkylation sites (N-methyl/N-ethyl adjacent to an activating group) is 1. The molecule has 0 aliphatic carbocycles. The average Bonchev–Trinajstić information content (AvgIpc) is 3.17. The summed E-state index contributed by atoms with van der Waals surface area (Å²) in [6, 6.07) is 1.38. The quantitative estimate of drug-likeness (QED) is 0.667. The summed E-state index contributed by atoms with van der Waals surface area (Å²) in [4.78, 5) is 42.3. The average molecular weight is 305 g/mol. The van der Waals surface area contributed by atoms with Crippen molar-refractivity contribution in [3.63, 3.8) is 0 Å². The number of oxazole rings is 1. The Morgan fingerprint density at radius 3 is 2.82 bits per heavy atom. The fourth-order valence-electron chi connectivity index (χ4n) is 1.73. The van der Waals surface area contributed by atoms with Gasteiger partial charge in [-0.05, 0) is 6.07 Å². The van der Waals surface area contributed by atoms with Gasteiger partial charge in [-0.2, -0.15) is 0 Å². The Hall–Kier alpha value is -3.10. The SMILES string of the molecule is CN(CCNC(=O)c1cnco1)C(=O)c1c[nH]c(C(N)=O)c1. The van der Waals surface area contributed by atoms with Gasteiger partial charge in [0.2, 0.25) is 5.76 Å². The van der Waals surface area contributed by atoms with Gasteiger partial charge in [-0.15, -0.1) is 0 Å². The molecule has 0 atom stereocenters. The highest BCUT2D eigenvalue weighted by Gasteiger charge is 2.15. The van der Waals surface area contributed by atoms with Crippen LogP contribution in [-0.4, -0.2) is 52.7 Å². The molecule has 0 bridgehead atoms. The number of rotatable bonds is 6. The number of amides is 3. The summed E-state index contributed by atoms with van der Waals surface area (Å²) >= 11 is 0. The van der Waals surface area contributed by atoms with Crippen molar-refractivity contribution in [1.82, 2.24) is 20.2 Å². The number of aromatic nitrogens is 2. The Morgan fingerprint density at radius 2 is 2.23 bits per heavy atom. The predicted molar refractivity (Wildman–Crippen MR) is 75.1 cm³/mol. The highest BCUT2D eigenvalue weighted by molar-refractivity contribution is 5.98. The van der Waals surface area contributed by atoms with Crippen molar-refractivity contribution < 1.29 is 18.8 Å². The van der Waals surface area contributed by atoms with Gasteiger partial charge >= 0.3 is 0 Å². The van der Waals surface area contributed by atoms with E-state index in [2.05, 4.69) is 15.3 Å². The summed E-state index contributed by atoms with van der Waals surface area (Å²) in [5.41, 5.74) is 5.59. The molecule has 9 nitrogen and oxygen atoms in total. The fraction of sp³-hybridized carbons (Fsp3) is 0.231. The molecule has 2 heterocycles. The Bertz CT molecular complexity index is 676. The molecule has 0 radical (unpaired) electrons. The molecule has 4 N–H and O–H groups in total. The third kappa shape index (κ3) is 3.51. The van der Waals surface area contributed by atoms with Gasteiger partial charge in [-0.1, -0.05) is 0 Å². The first-order chi connectivity index (χ1) is 10.5. The number of hydrogen-bond donors (Lipinski definition) is 3. The minimum absolute atomic E-state index is 0.103. The molecule has 3 amide bonds. The molecule has 22 heavy (non-hydrogen) atoms. The van der Waals surface area contributed by atoms with Crippen LogP contribution in [0.3, 0.4) is 0 Å². The third-order valence-electron chi connectivity index (χ3n) is 2.93. The maximum atomic E-state index is 12.1. The highest BCUT2D eigenvalue weighted by atomic mass is 16.3. The van der Waals surface area contributed by atoms with Crippen LogP contribution < -0.4 is 11.1 Å². The number of carbonyl (C=O) groups is 3. The van der Waals surface area contributed by atoms with E-state index in [0.29, 0.717) is 5.56 Å². The molecule has 116 valence electrons. The molecule has 2 aromatic heterocycles. The van der Waals surface area contributed by atoms with Crippen LogP contribution in [0, 0.1) is 0 Å². The largest absolute Gasteiger partial charge is 0.438 e. The van der Waals surface area contributed by atoms with Crippen LogP contribution in [0.2, 0.25) is 0 Å². The van der Waals surface area contributed by atoms with E-state index in [1.165, 1.54) is 23.4 Å². The number of H-pyrrole nitrogens is 1. The van der Waals surface area contributed by atoms with Crippen LogP contribution in [-0.2, 0) is 0 Å². The van der Waals surface area contributed by atoms with Crippen molar-refractivity contribution in [3.8, 4) is 0 Å². The van der Waals surface area contributed by atoms with E-state index in [-0.39, 0.29) is 30.5 Å². The molecule has 0 aromatic carbocycles. The topological polar surface area (TPSA) is 134 Å². The first-order valence-electron chi connectivity index (χ1n) is 6.39. The number of nitrogens with two attached hydrogens (primary N) is 1. The van der Waals surface area contributed by atoms with Gasteiger partial charge in [0.15, 0.2) is 6.39 Å². The minimum atomic E-state index is -0.638. The zero-order valence-electron chi connectivity index (χ0n) is 11.8. The van der Waals surface area contributed by atoms with Crippen LogP contribution in [0.4, 0.5) is 0 Å². The fourth-order valence-corrected chi connectivity index (χ4v) is 1.73. The lowest BCUT2D eigenvalue weighted by Crippen LogP contribution is -2.36. The lowest BCUT2D eigenvalue weighted by molar-refractivity contribution is 0.0785. The van der Waals surface area contributed by atoms with E-state index in [1.807, 2.05) is 0 Å². The first kappa shape index (κ1) is 15.3. The second-order valence-electron chi connectivity index (χ2n) is 4.51. The van der Waals surface area contributed by atoms with Gasteiger partial charge in [0.05, 0.1) is 11.8 Å². The maximum absolute atomic E-state index is 12.1. The third-order valence-corrected chi connectivity index (χ3v) is 2.93. The van der Waals surface area contributed by atoms with Gasteiger partial charge in [0.25, 0.3) is 17.7 Å². The van der Waals surface area contributed by atoms with Crippen molar-refractivity contribution in [2.24, 2.45) is 5.73 Å². The number of nitrogens with zero attached hydrogens (tertiary/aromatic N) is 2. The molecule has 9 heteroatoms. The minimum Gasteiger partial charge on any atom is -0.438 e. The first-order valence-corrected chi connectivity index (χ1v) is 6.39. The summed E-state index contributed by atoms with van der Waals surface area (Å²) in [6.07, 6.45) is 3.87. The van der Waals surface area contributed by atoms with E-state index >= 15 is 0 Å². The Labute approximate surface area is 125 Å². The molecule has 0 aliphatic rings. The molecule has 2 aromatic rings. The van der Waals surface area contributed by atoms with Crippen molar-refractivity contribution in [3.05, 3.63) is 41.9 Å². The Morgan fingerprint density at radius 1 is 1.45 bits per heavy atom. The van der Waals surface area contributed by atoms with E-state index in [0.717, 1.165) is 6.39 Å². The van der Waals surface area contributed by atoms with Crippen LogP contribution in [0.5, 0.6) is 0 Å². The van der Waals surface area contributed by atoms with Gasteiger partial charge in [-0.3, -0.25) is 14.4 Å². The summed E-state index contributed by atoms with van der Waals surface area (Å²) in [6.45, 7) is 0.532. The van der Waals surface area contributed by atoms with Crippen LogP contribution in [0.15, 0.2) is 29.3 Å². The van der Waals surface area contributed by atoms with Crippen LogP contribution in [0.1, 0.15) is 31.4 Å². The summed E-state index contributed by atoms with van der Waals surface area (Å²) in [5.74, 6) is -1.24. The molecule has 2 rings (SSSR count). The second-order valence-corrected chi connectivity index (χ2v) is 4.51. The zero-order valence-corrected chi connectivity index (χ0v) is 11.8. The monoisotopic (exact) mass is 305 g/mol. The van der Waals surface area contributed by atoms with E-state index < -0.39 is 11.8 Å². The standard InChI is InChI=1S/C13H15N5O4/c1-18(3-2-16-12(20)10-6-15-7-22-10)13(21)8-4-9(11(14)19)17-5-8/h4-7,17H,2-3H2,1H3,(H2,14,19)(H,16,20). The Kier molecular flexibility index (Phi) is 4.57. The summed E-state index contributed by atoms with van der Waals surface area (Å²) < 4.78 is 4.84. The second kappa shape index (κ2) is 6.57. The van der Waals surface area contributed by atoms with Crippen LogP contribution >= 0.6 is 0 Å². The van der Waals surface area contributed by atoms with E-state index in [9.17, 15) is 14.4 Å². The summed E-state index contributed by atoms with van der Waals surface area (Å²) in [7, 11) is 1.58. The van der Waals surface area contributed by atoms with E-state index in [4.69, 9.17) is 10.2 Å². The lowest BCUT2D eigenvalue weighted by Gasteiger charge is -2.16. The van der Waals surface area contributed by atoms with Crippen LogP contribution in [0.25, 0.3) is 0 Å². The smallest absolute Gasteiger partial charge is 0.288 e. The number of carbonyl (C=O) groups excluding carboxylic acids is 3. The molecule has 0 saturated heterocycles. The van der Waals surface area contributed by atoms with Gasteiger partial charge < -0.3 is 25.4 Å². The van der Waals surface area contributed by atoms with Gasteiger partial charge in [0.1, 0.15) is 5.69 Å². The van der Waals surface area contributed by atoms with Crippen molar-refractivity contribution in [2.75, 3.05) is 20.1 Å². The Balaban J connectivity index is 1.83. The van der Waals surface area contributed by atoms with Gasteiger partial charge in [0, 0.05) is 26.3 Å².